The van der Waals surface area contributed by atoms with Crippen molar-refractivity contribution in [2.24, 2.45) is 5.92 Å². The molecule has 0 atom stereocenters. The first-order valence-corrected chi connectivity index (χ1v) is 8.69. The Morgan fingerprint density at radius 2 is 2.08 bits per heavy atom. The molecule has 0 saturated carbocycles. The summed E-state index contributed by atoms with van der Waals surface area (Å²) in [5.74, 6) is 1.56. The smallest absolute Gasteiger partial charge is 0.262 e. The summed E-state index contributed by atoms with van der Waals surface area (Å²) in [7, 11) is 0. The summed E-state index contributed by atoms with van der Waals surface area (Å²) in [6.45, 7) is 5.21. The van der Waals surface area contributed by atoms with E-state index in [0.29, 0.717) is 34.9 Å². The van der Waals surface area contributed by atoms with E-state index in [9.17, 15) is 9.59 Å². The molecule has 134 valence electrons. The van der Waals surface area contributed by atoms with Crippen molar-refractivity contribution in [3.8, 4) is 11.5 Å². The molecular weight excluding hydrogens is 342 g/mol. The molecule has 7 nitrogen and oxygen atoms in total. The minimum absolute atomic E-state index is 0.0901. The summed E-state index contributed by atoms with van der Waals surface area (Å²) in [5.41, 5.74) is 0.351. The molecule has 1 aromatic heterocycles. The third-order valence-corrected chi connectivity index (χ3v) is 4.40. The summed E-state index contributed by atoms with van der Waals surface area (Å²) in [5, 5.41) is 3.32. The van der Waals surface area contributed by atoms with E-state index in [1.165, 1.54) is 4.57 Å². The summed E-state index contributed by atoms with van der Waals surface area (Å²) in [6.07, 6.45) is 1.13. The highest BCUT2D eigenvalue weighted by Crippen LogP contribution is 2.34. The normalized spacial score (nSPS) is 12.8. The Hall–Kier alpha value is -2.35. The molecule has 0 radical (unpaired) electrons. The Morgan fingerprint density at radius 1 is 1.36 bits per heavy atom. The number of nitrogens with one attached hydrogen (secondary N) is 2. The van der Waals surface area contributed by atoms with Gasteiger partial charge in [-0.1, -0.05) is 13.8 Å². The topological polar surface area (TPSA) is 85.4 Å². The first-order valence-electron chi connectivity index (χ1n) is 8.29. The van der Waals surface area contributed by atoms with Crippen LogP contribution in [-0.2, 0) is 11.3 Å². The zero-order chi connectivity index (χ0) is 18.0. The van der Waals surface area contributed by atoms with Gasteiger partial charge in [-0.25, -0.2) is 0 Å². The van der Waals surface area contributed by atoms with Crippen molar-refractivity contribution in [2.75, 3.05) is 13.3 Å². The number of hydrogen-bond acceptors (Lipinski definition) is 5. The van der Waals surface area contributed by atoms with Crippen LogP contribution in [0.5, 0.6) is 11.5 Å². The summed E-state index contributed by atoms with van der Waals surface area (Å²) in [4.78, 5) is 27.7. The number of ether oxygens (including phenoxy) is 2. The largest absolute Gasteiger partial charge is 0.454 e. The number of nitrogens with zero attached hydrogens (tertiary/aromatic N) is 1. The highest BCUT2D eigenvalue weighted by atomic mass is 32.1. The van der Waals surface area contributed by atoms with Gasteiger partial charge in [0, 0.05) is 25.6 Å². The van der Waals surface area contributed by atoms with E-state index in [2.05, 4.69) is 24.1 Å². The second-order valence-corrected chi connectivity index (χ2v) is 6.81. The average molecular weight is 363 g/mol. The van der Waals surface area contributed by atoms with Crippen molar-refractivity contribution >= 4 is 29.0 Å². The van der Waals surface area contributed by atoms with Crippen LogP contribution in [0.1, 0.15) is 26.7 Å². The summed E-state index contributed by atoms with van der Waals surface area (Å²) in [6, 6.07) is 3.35. The molecule has 1 aliphatic heterocycles. The van der Waals surface area contributed by atoms with E-state index in [1.54, 1.807) is 12.1 Å². The van der Waals surface area contributed by atoms with Gasteiger partial charge in [-0.05, 0) is 30.6 Å². The number of rotatable bonds is 6. The third-order valence-electron chi connectivity index (χ3n) is 4.08. The lowest BCUT2D eigenvalue weighted by atomic mass is 10.1. The Balaban J connectivity index is 1.78. The van der Waals surface area contributed by atoms with Crippen molar-refractivity contribution in [2.45, 2.75) is 33.2 Å². The van der Waals surface area contributed by atoms with Crippen LogP contribution in [0.2, 0.25) is 0 Å². The molecular formula is C17H21N3O4S. The third kappa shape index (κ3) is 3.84. The Bertz CT molecular complexity index is 916. The molecule has 0 unspecified atom stereocenters. The fourth-order valence-electron chi connectivity index (χ4n) is 2.65. The van der Waals surface area contributed by atoms with Crippen molar-refractivity contribution in [3.63, 3.8) is 0 Å². The highest BCUT2D eigenvalue weighted by Gasteiger charge is 2.17. The number of aromatic amines is 1. The molecule has 1 amide bonds. The monoisotopic (exact) mass is 363 g/mol. The molecule has 0 aliphatic carbocycles. The van der Waals surface area contributed by atoms with Gasteiger partial charge in [0.05, 0.1) is 10.9 Å². The van der Waals surface area contributed by atoms with Crippen LogP contribution in [-0.4, -0.2) is 28.8 Å². The molecule has 0 fully saturated rings. The van der Waals surface area contributed by atoms with E-state index < -0.39 is 0 Å². The molecule has 0 bridgehead atoms. The SMILES string of the molecule is CC(C)CCNC(=O)CCn1c(=S)[nH]c2cc3c(cc2c1=O)OCO3. The predicted octanol–water partition coefficient (Wildman–Crippen LogP) is 2.34. The number of carbonyl (C=O) groups excluding carboxylic acids is 1. The molecule has 0 spiro atoms. The fourth-order valence-corrected chi connectivity index (χ4v) is 2.93. The van der Waals surface area contributed by atoms with Crippen LogP contribution in [0.15, 0.2) is 16.9 Å². The van der Waals surface area contributed by atoms with Gasteiger partial charge in [-0.2, -0.15) is 0 Å². The van der Waals surface area contributed by atoms with Crippen molar-refractivity contribution < 1.29 is 14.3 Å². The number of H-pyrrole nitrogens is 1. The van der Waals surface area contributed by atoms with E-state index in [0.717, 1.165) is 6.42 Å². The molecule has 0 saturated heterocycles. The lowest BCUT2D eigenvalue weighted by molar-refractivity contribution is -0.121. The number of aromatic nitrogens is 2. The van der Waals surface area contributed by atoms with Crippen LogP contribution < -0.4 is 20.3 Å². The first kappa shape index (κ1) is 17.5. The molecule has 2 heterocycles. The van der Waals surface area contributed by atoms with Gasteiger partial charge in [0.15, 0.2) is 16.3 Å². The summed E-state index contributed by atoms with van der Waals surface area (Å²) < 4.78 is 12.3. The minimum atomic E-state index is -0.243. The molecule has 8 heteroatoms. The van der Waals surface area contributed by atoms with Crippen LogP contribution >= 0.6 is 12.2 Å². The van der Waals surface area contributed by atoms with E-state index in [4.69, 9.17) is 21.7 Å². The lowest BCUT2D eigenvalue weighted by Gasteiger charge is -2.10. The standard InChI is InChI=1S/C17H21N3O4S/c1-10(2)3-5-18-15(21)4-6-20-16(22)11-7-13-14(24-9-23-13)8-12(11)19-17(20)25/h7-8,10H,3-6,9H2,1-2H3,(H,18,21)(H,19,25). The zero-order valence-electron chi connectivity index (χ0n) is 14.3. The quantitative estimate of drug-likeness (QED) is 0.770. The van der Waals surface area contributed by atoms with Crippen molar-refractivity contribution in [3.05, 3.63) is 27.3 Å². The van der Waals surface area contributed by atoms with Crippen LogP contribution in [0.3, 0.4) is 0 Å². The van der Waals surface area contributed by atoms with Crippen LogP contribution in [0.4, 0.5) is 0 Å². The van der Waals surface area contributed by atoms with Crippen molar-refractivity contribution in [1.29, 1.82) is 0 Å². The molecule has 2 aromatic rings. The summed E-state index contributed by atoms with van der Waals surface area (Å²) >= 11 is 5.27. The minimum Gasteiger partial charge on any atom is -0.454 e. The zero-order valence-corrected chi connectivity index (χ0v) is 15.1. The number of amides is 1. The van der Waals surface area contributed by atoms with Gasteiger partial charge >= 0.3 is 0 Å². The Morgan fingerprint density at radius 3 is 2.80 bits per heavy atom. The maximum atomic E-state index is 12.7. The molecule has 3 rings (SSSR count). The van der Waals surface area contributed by atoms with Gasteiger partial charge in [0.25, 0.3) is 5.56 Å². The van der Waals surface area contributed by atoms with Gasteiger partial charge in [-0.3, -0.25) is 14.2 Å². The number of fused-ring (bicyclic) bond motifs is 2. The molecule has 1 aliphatic rings. The maximum Gasteiger partial charge on any atom is 0.262 e. The van der Waals surface area contributed by atoms with Gasteiger partial charge in [0.2, 0.25) is 12.7 Å². The molecule has 25 heavy (non-hydrogen) atoms. The number of hydrogen-bond donors (Lipinski definition) is 2. The molecule has 1 aromatic carbocycles. The lowest BCUT2D eigenvalue weighted by Crippen LogP contribution is -2.29. The predicted molar refractivity (Wildman–Crippen MR) is 96.6 cm³/mol. The Kier molecular flexibility index (Phi) is 5.08. The van der Waals surface area contributed by atoms with Crippen LogP contribution in [0.25, 0.3) is 10.9 Å². The van der Waals surface area contributed by atoms with Crippen molar-refractivity contribution in [1.82, 2.24) is 14.9 Å². The average Bonchev–Trinajstić information content (AvgIpc) is 3.00. The van der Waals surface area contributed by atoms with Crippen LogP contribution in [0, 0.1) is 10.7 Å². The van der Waals surface area contributed by atoms with Gasteiger partial charge in [-0.15, -0.1) is 0 Å². The number of benzene rings is 1. The van der Waals surface area contributed by atoms with E-state index in [-0.39, 0.29) is 36.0 Å². The highest BCUT2D eigenvalue weighted by molar-refractivity contribution is 7.71. The van der Waals surface area contributed by atoms with E-state index >= 15 is 0 Å². The maximum absolute atomic E-state index is 12.7. The van der Waals surface area contributed by atoms with Gasteiger partial charge in [0.1, 0.15) is 0 Å². The first-order chi connectivity index (χ1) is 12.0. The Labute approximate surface area is 149 Å². The number of carbonyl (C=O) groups is 1. The van der Waals surface area contributed by atoms with E-state index in [1.807, 2.05) is 0 Å². The second kappa shape index (κ2) is 7.26. The molecule has 2 N–H and O–H groups in total. The second-order valence-electron chi connectivity index (χ2n) is 6.42. The fraction of sp³-hybridized carbons (Fsp3) is 0.471. The van der Waals surface area contributed by atoms with Gasteiger partial charge < -0.3 is 19.8 Å².